The topological polar surface area (TPSA) is 55.8 Å². The van der Waals surface area contributed by atoms with E-state index < -0.39 is 13.4 Å². The summed E-state index contributed by atoms with van der Waals surface area (Å²) in [4.78, 5) is 0. The highest BCUT2D eigenvalue weighted by Crippen LogP contribution is 2.56. The fourth-order valence-corrected chi connectivity index (χ4v) is 2.39. The molecule has 1 fully saturated rings. The summed E-state index contributed by atoms with van der Waals surface area (Å²) in [5.74, 6) is -1.03. The molecule has 1 aliphatic heterocycles. The molecule has 0 aromatic carbocycles. The maximum atomic E-state index is 11.5. The average Bonchev–Trinajstić information content (AvgIpc) is 1.96. The molecule has 0 aromatic rings. The summed E-state index contributed by atoms with van der Waals surface area (Å²) in [5.41, 5.74) is -0.108. The Morgan fingerprint density at radius 3 is 2.17 bits per heavy atom. The van der Waals surface area contributed by atoms with Crippen LogP contribution in [0.5, 0.6) is 0 Å². The first kappa shape index (κ1) is 10.2. The molecule has 12 heavy (non-hydrogen) atoms. The van der Waals surface area contributed by atoms with Crippen LogP contribution in [-0.4, -0.2) is 24.2 Å². The predicted octanol–water partition coefficient (Wildman–Crippen LogP) is 1.59. The average molecular weight is 194 g/mol. The van der Waals surface area contributed by atoms with Crippen LogP contribution in [0.25, 0.3) is 0 Å². The van der Waals surface area contributed by atoms with Crippen LogP contribution in [0.15, 0.2) is 0 Å². The van der Waals surface area contributed by atoms with Crippen molar-refractivity contribution < 1.29 is 18.7 Å². The summed E-state index contributed by atoms with van der Waals surface area (Å²) in [7, 11) is -3.21. The van der Waals surface area contributed by atoms with Crippen molar-refractivity contribution in [3.05, 3.63) is 0 Å². The number of hydrogen-bond donors (Lipinski definition) is 1. The maximum absolute atomic E-state index is 11.5. The van der Waals surface area contributed by atoms with Gasteiger partial charge in [0.15, 0.2) is 5.85 Å². The summed E-state index contributed by atoms with van der Waals surface area (Å²) in [6, 6.07) is 0. The molecule has 1 unspecified atom stereocenters. The molecule has 0 amide bonds. The zero-order valence-corrected chi connectivity index (χ0v) is 8.51. The van der Waals surface area contributed by atoms with Gasteiger partial charge >= 0.3 is 7.60 Å². The van der Waals surface area contributed by atoms with Crippen LogP contribution in [0.3, 0.4) is 0 Å². The normalized spacial score (nSPS) is 29.7. The van der Waals surface area contributed by atoms with Gasteiger partial charge in [0.05, 0.1) is 13.2 Å². The molecule has 5 heteroatoms. The first-order valence-electron chi connectivity index (χ1n) is 3.93. The first-order valence-corrected chi connectivity index (χ1v) is 5.54. The van der Waals surface area contributed by atoms with E-state index in [-0.39, 0.29) is 5.41 Å². The Morgan fingerprint density at radius 1 is 1.42 bits per heavy atom. The van der Waals surface area contributed by atoms with Gasteiger partial charge in [-0.05, 0) is 6.92 Å². The predicted molar refractivity (Wildman–Crippen MR) is 45.0 cm³/mol. The molecule has 4 nitrogen and oxygen atoms in total. The van der Waals surface area contributed by atoms with Crippen LogP contribution in [0.4, 0.5) is 0 Å². The van der Waals surface area contributed by atoms with Crippen LogP contribution in [0, 0.1) is 5.41 Å². The van der Waals surface area contributed by atoms with Crippen molar-refractivity contribution in [1.29, 1.82) is 0 Å². The molecular weight excluding hydrogens is 179 g/mol. The Labute approximate surface area is 72.4 Å². The van der Waals surface area contributed by atoms with Crippen molar-refractivity contribution in [2.75, 3.05) is 13.2 Å². The second-order valence-electron chi connectivity index (χ2n) is 3.88. The zero-order chi connectivity index (χ0) is 9.41. The van der Waals surface area contributed by atoms with E-state index in [0.717, 1.165) is 0 Å². The summed E-state index contributed by atoms with van der Waals surface area (Å²) < 4.78 is 21.6. The Hall–Kier alpha value is 0.110. The van der Waals surface area contributed by atoms with Crippen molar-refractivity contribution in [2.24, 2.45) is 5.41 Å². The van der Waals surface area contributed by atoms with Crippen molar-refractivity contribution in [3.63, 3.8) is 0 Å². The smallest absolute Gasteiger partial charge is 0.358 e. The van der Waals surface area contributed by atoms with E-state index in [4.69, 9.17) is 14.2 Å². The number of aliphatic hydroxyl groups excluding tert-OH is 1. The molecule has 0 saturated carbocycles. The van der Waals surface area contributed by atoms with Crippen LogP contribution < -0.4 is 0 Å². The highest BCUT2D eigenvalue weighted by molar-refractivity contribution is 7.54. The summed E-state index contributed by atoms with van der Waals surface area (Å²) in [6.45, 7) is 6.07. The third-order valence-corrected chi connectivity index (χ3v) is 3.62. The molecule has 1 aliphatic rings. The van der Waals surface area contributed by atoms with Gasteiger partial charge in [0.25, 0.3) is 0 Å². The minimum Gasteiger partial charge on any atom is -0.381 e. The largest absolute Gasteiger partial charge is 0.381 e. The Balaban J connectivity index is 2.62. The fraction of sp³-hybridized carbons (Fsp3) is 1.00. The molecule has 1 heterocycles. The lowest BCUT2D eigenvalue weighted by molar-refractivity contribution is 0.0252. The van der Waals surface area contributed by atoms with E-state index >= 15 is 0 Å². The van der Waals surface area contributed by atoms with Crippen LogP contribution in [0.1, 0.15) is 20.8 Å². The van der Waals surface area contributed by atoms with Gasteiger partial charge in [0, 0.05) is 5.41 Å². The van der Waals surface area contributed by atoms with Gasteiger partial charge in [-0.25, -0.2) is 0 Å². The zero-order valence-electron chi connectivity index (χ0n) is 7.61. The van der Waals surface area contributed by atoms with E-state index in [2.05, 4.69) is 0 Å². The minimum absolute atomic E-state index is 0.108. The third-order valence-electron chi connectivity index (χ3n) is 1.73. The Kier molecular flexibility index (Phi) is 2.64. The lowest BCUT2D eigenvalue weighted by Gasteiger charge is -2.34. The molecule has 0 spiro atoms. The van der Waals surface area contributed by atoms with Gasteiger partial charge in [-0.15, -0.1) is 0 Å². The molecule has 0 aromatic heterocycles. The van der Waals surface area contributed by atoms with E-state index in [0.29, 0.717) is 13.2 Å². The molecule has 1 N–H and O–H groups in total. The van der Waals surface area contributed by atoms with E-state index in [1.807, 2.05) is 13.8 Å². The monoisotopic (exact) mass is 194 g/mol. The number of hydrogen-bond acceptors (Lipinski definition) is 4. The van der Waals surface area contributed by atoms with Crippen molar-refractivity contribution in [1.82, 2.24) is 0 Å². The van der Waals surface area contributed by atoms with Crippen LogP contribution in [0.2, 0.25) is 0 Å². The standard InChI is InChI=1S/C7H15O4P/c1-6(8)12(9)10-4-7(2,3)5-11-12/h6,8H,4-5H2,1-3H3. The highest BCUT2D eigenvalue weighted by Gasteiger charge is 2.39. The number of rotatable bonds is 1. The lowest BCUT2D eigenvalue weighted by Crippen LogP contribution is -2.31. The van der Waals surface area contributed by atoms with E-state index in [1.54, 1.807) is 0 Å². The van der Waals surface area contributed by atoms with E-state index in [9.17, 15) is 4.57 Å². The molecule has 72 valence electrons. The molecule has 1 atom stereocenters. The van der Waals surface area contributed by atoms with Gasteiger partial charge < -0.3 is 14.2 Å². The first-order chi connectivity index (χ1) is 5.36. The Bertz CT molecular complexity index is 197. The quantitative estimate of drug-likeness (QED) is 0.644. The summed E-state index contributed by atoms with van der Waals surface area (Å²) in [5, 5.41) is 9.09. The SMILES string of the molecule is CC(O)P1(=O)OCC(C)(C)CO1. The molecular formula is C7H15O4P. The van der Waals surface area contributed by atoms with Crippen molar-refractivity contribution in [2.45, 2.75) is 26.6 Å². The molecule has 0 bridgehead atoms. The van der Waals surface area contributed by atoms with E-state index in [1.165, 1.54) is 6.92 Å². The van der Waals surface area contributed by atoms with Crippen LogP contribution >= 0.6 is 7.60 Å². The summed E-state index contributed by atoms with van der Waals surface area (Å²) >= 11 is 0. The van der Waals surface area contributed by atoms with Gasteiger partial charge in [0.1, 0.15) is 0 Å². The second-order valence-corrected chi connectivity index (χ2v) is 6.23. The molecule has 0 radical (unpaired) electrons. The van der Waals surface area contributed by atoms with Gasteiger partial charge in [-0.1, -0.05) is 13.8 Å². The minimum atomic E-state index is -3.21. The molecule has 1 rings (SSSR count). The lowest BCUT2D eigenvalue weighted by atomic mass is 9.97. The second kappa shape index (κ2) is 3.11. The van der Waals surface area contributed by atoms with Crippen LogP contribution in [-0.2, 0) is 13.6 Å². The van der Waals surface area contributed by atoms with Crippen molar-refractivity contribution in [3.8, 4) is 0 Å². The van der Waals surface area contributed by atoms with Crippen molar-refractivity contribution >= 4 is 7.60 Å². The van der Waals surface area contributed by atoms with Gasteiger partial charge in [-0.2, -0.15) is 0 Å². The van der Waals surface area contributed by atoms with Gasteiger partial charge in [-0.3, -0.25) is 4.57 Å². The Morgan fingerprint density at radius 2 is 1.83 bits per heavy atom. The third kappa shape index (κ3) is 2.07. The number of aliphatic hydroxyl groups is 1. The fourth-order valence-electron chi connectivity index (χ4n) is 0.824. The highest BCUT2D eigenvalue weighted by atomic mass is 31.2. The molecule has 1 saturated heterocycles. The molecule has 0 aliphatic carbocycles. The maximum Gasteiger partial charge on any atom is 0.358 e. The van der Waals surface area contributed by atoms with Gasteiger partial charge in [0.2, 0.25) is 0 Å². The summed E-state index contributed by atoms with van der Waals surface area (Å²) in [6.07, 6.45) is 0.